The van der Waals surface area contributed by atoms with Crippen LogP contribution >= 0.6 is 23.2 Å². The SMILES string of the molecule is COc1ccc(C2=NC(=Cc3ccc(Cl)cc3Cl)C(=O)O2)cc1OC. The molecule has 0 bridgehead atoms. The van der Waals surface area contributed by atoms with Gasteiger partial charge in [-0.25, -0.2) is 9.79 Å². The van der Waals surface area contributed by atoms with Crippen molar-refractivity contribution in [2.45, 2.75) is 0 Å². The van der Waals surface area contributed by atoms with Crippen molar-refractivity contribution >= 4 is 41.1 Å². The highest BCUT2D eigenvalue weighted by molar-refractivity contribution is 6.35. The van der Waals surface area contributed by atoms with E-state index in [2.05, 4.69) is 4.99 Å². The maximum atomic E-state index is 12.1. The summed E-state index contributed by atoms with van der Waals surface area (Å²) in [5, 5.41) is 0.929. The summed E-state index contributed by atoms with van der Waals surface area (Å²) in [5.74, 6) is 0.704. The number of hydrogen-bond donors (Lipinski definition) is 0. The van der Waals surface area contributed by atoms with Crippen LogP contribution in [-0.4, -0.2) is 26.1 Å². The number of esters is 1. The van der Waals surface area contributed by atoms with Crippen molar-refractivity contribution in [1.29, 1.82) is 0 Å². The number of aliphatic imine (C=N–C) groups is 1. The summed E-state index contributed by atoms with van der Waals surface area (Å²) >= 11 is 12.0. The van der Waals surface area contributed by atoms with Gasteiger partial charge >= 0.3 is 5.97 Å². The van der Waals surface area contributed by atoms with Crippen LogP contribution in [-0.2, 0) is 9.53 Å². The molecule has 0 spiro atoms. The predicted octanol–water partition coefficient (Wildman–Crippen LogP) is 4.36. The Morgan fingerprint density at radius 1 is 1.04 bits per heavy atom. The van der Waals surface area contributed by atoms with Gasteiger partial charge in [0.05, 0.1) is 14.2 Å². The van der Waals surface area contributed by atoms with Crippen LogP contribution in [0.3, 0.4) is 0 Å². The molecule has 128 valence electrons. The Kier molecular flexibility index (Phi) is 4.97. The molecule has 0 aliphatic carbocycles. The maximum Gasteiger partial charge on any atom is 0.363 e. The van der Waals surface area contributed by atoms with Gasteiger partial charge in [0.1, 0.15) is 0 Å². The van der Waals surface area contributed by atoms with E-state index in [1.807, 2.05) is 0 Å². The fourth-order valence-corrected chi connectivity index (χ4v) is 2.73. The molecule has 3 rings (SSSR count). The summed E-state index contributed by atoms with van der Waals surface area (Å²) in [6.07, 6.45) is 1.55. The summed E-state index contributed by atoms with van der Waals surface area (Å²) in [6, 6.07) is 10.1. The zero-order valence-electron chi connectivity index (χ0n) is 13.4. The molecule has 1 aliphatic heterocycles. The Balaban J connectivity index is 1.96. The number of nitrogens with zero attached hydrogens (tertiary/aromatic N) is 1. The van der Waals surface area contributed by atoms with Crippen LogP contribution in [0.25, 0.3) is 6.08 Å². The first kappa shape index (κ1) is 17.3. The van der Waals surface area contributed by atoms with E-state index in [0.717, 1.165) is 0 Å². The van der Waals surface area contributed by atoms with Gasteiger partial charge in [0.15, 0.2) is 17.2 Å². The number of hydrogen-bond acceptors (Lipinski definition) is 5. The van der Waals surface area contributed by atoms with E-state index >= 15 is 0 Å². The Morgan fingerprint density at radius 3 is 2.48 bits per heavy atom. The van der Waals surface area contributed by atoms with Crippen molar-refractivity contribution in [3.63, 3.8) is 0 Å². The number of carbonyl (C=O) groups excluding carboxylic acids is 1. The van der Waals surface area contributed by atoms with E-state index in [4.69, 9.17) is 37.4 Å². The second-order valence-corrected chi connectivity index (χ2v) is 5.92. The molecule has 25 heavy (non-hydrogen) atoms. The van der Waals surface area contributed by atoms with Gasteiger partial charge < -0.3 is 14.2 Å². The third-order valence-electron chi connectivity index (χ3n) is 3.51. The number of cyclic esters (lactones) is 1. The van der Waals surface area contributed by atoms with Crippen molar-refractivity contribution in [3.05, 3.63) is 63.3 Å². The highest BCUT2D eigenvalue weighted by Crippen LogP contribution is 2.30. The van der Waals surface area contributed by atoms with E-state index in [0.29, 0.717) is 32.7 Å². The first-order valence-corrected chi connectivity index (χ1v) is 7.97. The van der Waals surface area contributed by atoms with E-state index in [1.165, 1.54) is 7.11 Å². The average Bonchev–Trinajstić information content (AvgIpc) is 2.97. The fourth-order valence-electron chi connectivity index (χ4n) is 2.27. The number of ether oxygens (including phenoxy) is 3. The number of rotatable bonds is 4. The normalized spacial score (nSPS) is 15.1. The molecular weight excluding hydrogens is 365 g/mol. The maximum absolute atomic E-state index is 12.1. The van der Waals surface area contributed by atoms with Gasteiger partial charge in [-0.3, -0.25) is 0 Å². The molecule has 0 N–H and O–H groups in total. The second kappa shape index (κ2) is 7.17. The zero-order chi connectivity index (χ0) is 18.0. The summed E-state index contributed by atoms with van der Waals surface area (Å²) in [4.78, 5) is 16.3. The molecule has 0 amide bonds. The fraction of sp³-hybridized carbons (Fsp3) is 0.111. The van der Waals surface area contributed by atoms with Gasteiger partial charge in [-0.1, -0.05) is 29.3 Å². The van der Waals surface area contributed by atoms with Crippen LogP contribution < -0.4 is 9.47 Å². The summed E-state index contributed by atoms with van der Waals surface area (Å²) in [7, 11) is 3.07. The quantitative estimate of drug-likeness (QED) is 0.586. The Labute approximate surface area is 154 Å². The molecule has 0 saturated heterocycles. The summed E-state index contributed by atoms with van der Waals surface area (Å²) in [5.41, 5.74) is 1.36. The van der Waals surface area contributed by atoms with E-state index < -0.39 is 5.97 Å². The van der Waals surface area contributed by atoms with Gasteiger partial charge in [0, 0.05) is 15.6 Å². The van der Waals surface area contributed by atoms with E-state index in [9.17, 15) is 4.79 Å². The lowest BCUT2D eigenvalue weighted by Gasteiger charge is -2.08. The predicted molar refractivity (Wildman–Crippen MR) is 96.6 cm³/mol. The topological polar surface area (TPSA) is 57.1 Å². The van der Waals surface area contributed by atoms with Crippen molar-refractivity contribution < 1.29 is 19.0 Å². The van der Waals surface area contributed by atoms with Crippen molar-refractivity contribution in [1.82, 2.24) is 0 Å². The minimum Gasteiger partial charge on any atom is -0.493 e. The molecule has 1 aliphatic rings. The molecule has 5 nitrogen and oxygen atoms in total. The summed E-state index contributed by atoms with van der Waals surface area (Å²) in [6.45, 7) is 0. The molecule has 0 atom stereocenters. The van der Waals surface area contributed by atoms with Crippen molar-refractivity contribution in [2.24, 2.45) is 4.99 Å². The van der Waals surface area contributed by atoms with Crippen molar-refractivity contribution in [2.75, 3.05) is 14.2 Å². The lowest BCUT2D eigenvalue weighted by Crippen LogP contribution is -2.06. The number of halogens is 2. The lowest BCUT2D eigenvalue weighted by atomic mass is 10.2. The van der Waals surface area contributed by atoms with Crippen LogP contribution in [0.4, 0.5) is 0 Å². The van der Waals surface area contributed by atoms with Crippen molar-refractivity contribution in [3.8, 4) is 11.5 Å². The molecule has 0 aromatic heterocycles. The third-order valence-corrected chi connectivity index (χ3v) is 4.07. The van der Waals surface area contributed by atoms with Crippen LogP contribution in [0.15, 0.2) is 47.1 Å². The first-order valence-electron chi connectivity index (χ1n) is 7.22. The molecule has 0 radical (unpaired) electrons. The van der Waals surface area contributed by atoms with E-state index in [-0.39, 0.29) is 11.6 Å². The monoisotopic (exact) mass is 377 g/mol. The van der Waals surface area contributed by atoms with Crippen LogP contribution in [0.1, 0.15) is 11.1 Å². The highest BCUT2D eigenvalue weighted by Gasteiger charge is 2.25. The van der Waals surface area contributed by atoms with Gasteiger partial charge in [-0.05, 0) is 42.0 Å². The van der Waals surface area contributed by atoms with Crippen LogP contribution in [0.5, 0.6) is 11.5 Å². The van der Waals surface area contributed by atoms with E-state index in [1.54, 1.807) is 49.6 Å². The number of methoxy groups -OCH3 is 2. The van der Waals surface area contributed by atoms with Gasteiger partial charge in [-0.15, -0.1) is 0 Å². The Bertz CT molecular complexity index is 906. The second-order valence-electron chi connectivity index (χ2n) is 5.07. The largest absolute Gasteiger partial charge is 0.493 e. The molecule has 0 fully saturated rings. The minimum absolute atomic E-state index is 0.147. The molecule has 0 saturated carbocycles. The minimum atomic E-state index is -0.559. The molecule has 2 aromatic carbocycles. The van der Waals surface area contributed by atoms with Gasteiger partial charge in [0.25, 0.3) is 0 Å². The molecule has 7 heteroatoms. The third kappa shape index (κ3) is 3.62. The van der Waals surface area contributed by atoms with Gasteiger partial charge in [-0.2, -0.15) is 0 Å². The zero-order valence-corrected chi connectivity index (χ0v) is 14.9. The number of carbonyl (C=O) groups is 1. The van der Waals surface area contributed by atoms with Crippen LogP contribution in [0, 0.1) is 0 Å². The molecule has 0 unspecified atom stereocenters. The first-order chi connectivity index (χ1) is 12.0. The highest BCUT2D eigenvalue weighted by atomic mass is 35.5. The standard InChI is InChI=1S/C18H13Cl2NO4/c1-23-15-6-4-11(8-16(15)24-2)17-21-14(18(22)25-17)7-10-3-5-12(19)9-13(10)20/h3-9H,1-2H3. The molecular formula is C18H13Cl2NO4. The molecule has 2 aromatic rings. The summed E-state index contributed by atoms with van der Waals surface area (Å²) < 4.78 is 15.7. The van der Waals surface area contributed by atoms with Gasteiger partial charge in [0.2, 0.25) is 5.90 Å². The Morgan fingerprint density at radius 2 is 1.80 bits per heavy atom. The molecule has 1 heterocycles. The smallest absolute Gasteiger partial charge is 0.363 e. The Hall–Kier alpha value is -2.50. The lowest BCUT2D eigenvalue weighted by molar-refractivity contribution is -0.129. The average molecular weight is 378 g/mol. The van der Waals surface area contributed by atoms with Crippen LogP contribution in [0.2, 0.25) is 10.0 Å². The number of benzene rings is 2.